The third kappa shape index (κ3) is 6.53. The second kappa shape index (κ2) is 7.63. The lowest BCUT2D eigenvalue weighted by atomic mass is 10.1. The Bertz CT molecular complexity index is 368. The quantitative estimate of drug-likeness (QED) is 0.582. The third-order valence-corrected chi connectivity index (χ3v) is 2.39. The molecule has 0 saturated carbocycles. The minimum absolute atomic E-state index is 0.182. The van der Waals surface area contributed by atoms with Crippen LogP contribution in [0.2, 0.25) is 0 Å². The zero-order valence-electron chi connectivity index (χ0n) is 10.1. The predicted octanol–water partition coefficient (Wildman–Crippen LogP) is 3.01. The molecule has 1 N–H and O–H groups in total. The zero-order chi connectivity index (χ0) is 12.5. The highest BCUT2D eigenvalue weighted by Gasteiger charge is 1.97. The van der Waals surface area contributed by atoms with Crippen LogP contribution >= 0.6 is 0 Å². The summed E-state index contributed by atoms with van der Waals surface area (Å²) in [7, 11) is 0. The number of rotatable bonds is 7. The first kappa shape index (κ1) is 13.5. The van der Waals surface area contributed by atoms with Gasteiger partial charge in [0, 0.05) is 6.42 Å². The van der Waals surface area contributed by atoms with Crippen LogP contribution in [0, 0.1) is 0 Å². The van der Waals surface area contributed by atoms with Crippen molar-refractivity contribution in [2.45, 2.75) is 26.4 Å². The molecule has 0 aliphatic heterocycles. The summed E-state index contributed by atoms with van der Waals surface area (Å²) in [5.74, 6) is -0.761. The van der Waals surface area contributed by atoms with Gasteiger partial charge in [-0.2, -0.15) is 0 Å². The lowest BCUT2D eigenvalue weighted by Crippen LogP contribution is -1.96. The van der Waals surface area contributed by atoms with E-state index >= 15 is 0 Å². The first-order valence-electron chi connectivity index (χ1n) is 5.67. The standard InChI is InChI=1S/C14H18O3/c1-12(7-8-14(15)16)9-10-17-11-13-5-3-2-4-6-13/h2-6,9H,7-8,10-11H2,1H3,(H,15,16)/b12-9+. The SMILES string of the molecule is C/C(=C\COCc1ccccc1)CCC(=O)O. The van der Waals surface area contributed by atoms with E-state index in [0.29, 0.717) is 19.6 Å². The molecule has 0 unspecified atom stereocenters. The highest BCUT2D eigenvalue weighted by molar-refractivity contribution is 5.66. The molecule has 92 valence electrons. The summed E-state index contributed by atoms with van der Waals surface area (Å²) in [6, 6.07) is 9.96. The molecule has 3 nitrogen and oxygen atoms in total. The van der Waals surface area contributed by atoms with Gasteiger partial charge in [-0.3, -0.25) is 4.79 Å². The van der Waals surface area contributed by atoms with Crippen LogP contribution in [0.5, 0.6) is 0 Å². The van der Waals surface area contributed by atoms with Crippen LogP contribution in [-0.4, -0.2) is 17.7 Å². The van der Waals surface area contributed by atoms with Gasteiger partial charge in [-0.1, -0.05) is 42.0 Å². The van der Waals surface area contributed by atoms with Gasteiger partial charge in [0.1, 0.15) is 0 Å². The maximum atomic E-state index is 10.4. The van der Waals surface area contributed by atoms with Crippen LogP contribution in [0.25, 0.3) is 0 Å². The summed E-state index contributed by atoms with van der Waals surface area (Å²) in [5.41, 5.74) is 2.20. The van der Waals surface area contributed by atoms with Gasteiger partial charge in [-0.25, -0.2) is 0 Å². The Morgan fingerprint density at radius 3 is 2.65 bits per heavy atom. The molecule has 0 bridgehead atoms. The van der Waals surface area contributed by atoms with Gasteiger partial charge in [0.25, 0.3) is 0 Å². The van der Waals surface area contributed by atoms with Crippen LogP contribution in [0.4, 0.5) is 0 Å². The molecule has 1 aromatic carbocycles. The summed E-state index contributed by atoms with van der Waals surface area (Å²) >= 11 is 0. The van der Waals surface area contributed by atoms with E-state index in [1.807, 2.05) is 43.3 Å². The zero-order valence-corrected chi connectivity index (χ0v) is 10.1. The minimum Gasteiger partial charge on any atom is -0.481 e. The Labute approximate surface area is 102 Å². The lowest BCUT2D eigenvalue weighted by Gasteiger charge is -2.02. The number of benzene rings is 1. The molecule has 17 heavy (non-hydrogen) atoms. The second-order valence-corrected chi connectivity index (χ2v) is 3.94. The van der Waals surface area contributed by atoms with Crippen molar-refractivity contribution >= 4 is 5.97 Å². The minimum atomic E-state index is -0.761. The van der Waals surface area contributed by atoms with Gasteiger partial charge in [-0.05, 0) is 18.9 Å². The number of carboxylic acids is 1. The Morgan fingerprint density at radius 1 is 1.29 bits per heavy atom. The van der Waals surface area contributed by atoms with Crippen LogP contribution in [0.15, 0.2) is 42.0 Å². The molecule has 0 aliphatic carbocycles. The second-order valence-electron chi connectivity index (χ2n) is 3.94. The van der Waals surface area contributed by atoms with E-state index in [-0.39, 0.29) is 6.42 Å². The smallest absolute Gasteiger partial charge is 0.303 e. The summed E-state index contributed by atoms with van der Waals surface area (Å²) in [6.07, 6.45) is 2.71. The fourth-order valence-corrected chi connectivity index (χ4v) is 1.36. The maximum absolute atomic E-state index is 10.4. The molecule has 0 atom stereocenters. The first-order valence-corrected chi connectivity index (χ1v) is 5.67. The molecule has 0 aromatic heterocycles. The topological polar surface area (TPSA) is 46.5 Å². The number of hydrogen-bond donors (Lipinski definition) is 1. The van der Waals surface area contributed by atoms with Gasteiger partial charge >= 0.3 is 5.97 Å². The molecule has 0 aliphatic rings. The Hall–Kier alpha value is -1.61. The van der Waals surface area contributed by atoms with Crippen LogP contribution in [-0.2, 0) is 16.1 Å². The molecular formula is C14H18O3. The van der Waals surface area contributed by atoms with Gasteiger partial charge in [0.15, 0.2) is 0 Å². The fourth-order valence-electron chi connectivity index (χ4n) is 1.36. The van der Waals surface area contributed by atoms with Crippen LogP contribution < -0.4 is 0 Å². The Balaban J connectivity index is 2.18. The van der Waals surface area contributed by atoms with Crippen molar-refractivity contribution in [1.82, 2.24) is 0 Å². The number of hydrogen-bond acceptors (Lipinski definition) is 2. The first-order chi connectivity index (χ1) is 8.18. The summed E-state index contributed by atoms with van der Waals surface area (Å²) in [5, 5.41) is 8.52. The van der Waals surface area contributed by atoms with Crippen molar-refractivity contribution in [1.29, 1.82) is 0 Å². The molecule has 1 aromatic rings. The molecular weight excluding hydrogens is 216 g/mol. The van der Waals surface area contributed by atoms with Gasteiger partial charge < -0.3 is 9.84 Å². The number of ether oxygens (including phenoxy) is 1. The van der Waals surface area contributed by atoms with Crippen molar-refractivity contribution < 1.29 is 14.6 Å². The van der Waals surface area contributed by atoms with E-state index in [1.165, 1.54) is 0 Å². The van der Waals surface area contributed by atoms with Crippen LogP contribution in [0.1, 0.15) is 25.3 Å². The maximum Gasteiger partial charge on any atom is 0.303 e. The van der Waals surface area contributed by atoms with Crippen molar-refractivity contribution in [3.05, 3.63) is 47.5 Å². The van der Waals surface area contributed by atoms with Gasteiger partial charge in [-0.15, -0.1) is 0 Å². The van der Waals surface area contributed by atoms with Gasteiger partial charge in [0.05, 0.1) is 13.2 Å². The van der Waals surface area contributed by atoms with E-state index in [2.05, 4.69) is 0 Å². The lowest BCUT2D eigenvalue weighted by molar-refractivity contribution is -0.136. The molecule has 0 heterocycles. The highest BCUT2D eigenvalue weighted by Crippen LogP contribution is 2.05. The molecule has 0 amide bonds. The number of carbonyl (C=O) groups is 1. The third-order valence-electron chi connectivity index (χ3n) is 2.39. The molecule has 1 rings (SSSR count). The van der Waals surface area contributed by atoms with Crippen molar-refractivity contribution in [3.8, 4) is 0 Å². The van der Waals surface area contributed by atoms with E-state index < -0.39 is 5.97 Å². The number of allylic oxidation sites excluding steroid dienone is 1. The van der Waals surface area contributed by atoms with Crippen LogP contribution in [0.3, 0.4) is 0 Å². The number of carboxylic acid groups (broad SMARTS) is 1. The summed E-state index contributed by atoms with van der Waals surface area (Å²) in [6.45, 7) is 3.04. The van der Waals surface area contributed by atoms with E-state index in [4.69, 9.17) is 9.84 Å². The molecule has 0 spiro atoms. The largest absolute Gasteiger partial charge is 0.481 e. The van der Waals surface area contributed by atoms with E-state index in [0.717, 1.165) is 11.1 Å². The number of aliphatic carboxylic acids is 1. The summed E-state index contributed by atoms with van der Waals surface area (Å²) < 4.78 is 5.47. The monoisotopic (exact) mass is 234 g/mol. The van der Waals surface area contributed by atoms with Gasteiger partial charge in [0.2, 0.25) is 0 Å². The average molecular weight is 234 g/mol. The highest BCUT2D eigenvalue weighted by atomic mass is 16.5. The molecule has 0 saturated heterocycles. The van der Waals surface area contributed by atoms with Crippen molar-refractivity contribution in [2.24, 2.45) is 0 Å². The molecule has 3 heteroatoms. The Kier molecular flexibility index (Phi) is 6.04. The molecule has 0 radical (unpaired) electrons. The molecule has 0 fully saturated rings. The van der Waals surface area contributed by atoms with E-state index in [1.54, 1.807) is 0 Å². The fraction of sp³-hybridized carbons (Fsp3) is 0.357. The summed E-state index contributed by atoms with van der Waals surface area (Å²) in [4.78, 5) is 10.4. The Morgan fingerprint density at radius 2 is 2.00 bits per heavy atom. The van der Waals surface area contributed by atoms with Crippen molar-refractivity contribution in [3.63, 3.8) is 0 Å². The predicted molar refractivity (Wildman–Crippen MR) is 66.7 cm³/mol. The van der Waals surface area contributed by atoms with E-state index in [9.17, 15) is 4.79 Å². The normalized spacial score (nSPS) is 11.5. The average Bonchev–Trinajstić information content (AvgIpc) is 2.33. The van der Waals surface area contributed by atoms with Crippen molar-refractivity contribution in [2.75, 3.05) is 6.61 Å².